The van der Waals surface area contributed by atoms with Crippen molar-refractivity contribution < 1.29 is 4.79 Å². The van der Waals surface area contributed by atoms with Gasteiger partial charge in [0.1, 0.15) is 0 Å². The third-order valence-electron chi connectivity index (χ3n) is 5.35. The number of carbonyl (C=O) groups excluding carboxylic acids is 1. The van der Waals surface area contributed by atoms with Gasteiger partial charge in [0.2, 0.25) is 5.91 Å². The van der Waals surface area contributed by atoms with Crippen molar-refractivity contribution in [3.05, 3.63) is 54.6 Å². The number of piperidine rings is 1. The number of benzene rings is 2. The van der Waals surface area contributed by atoms with Gasteiger partial charge in [0, 0.05) is 17.8 Å². The molecule has 1 aliphatic heterocycles. The van der Waals surface area contributed by atoms with E-state index in [0.29, 0.717) is 17.8 Å². The summed E-state index contributed by atoms with van der Waals surface area (Å²) in [5, 5.41) is 0.869. The van der Waals surface area contributed by atoms with Crippen LogP contribution in [0.1, 0.15) is 33.1 Å². The van der Waals surface area contributed by atoms with Gasteiger partial charge in [0.25, 0.3) is 0 Å². The van der Waals surface area contributed by atoms with Gasteiger partial charge in [-0.05, 0) is 57.4 Å². The first-order chi connectivity index (χ1) is 13.1. The second-order valence-corrected chi connectivity index (χ2v) is 8.22. The molecule has 2 heterocycles. The quantitative estimate of drug-likeness (QED) is 0.605. The molecule has 27 heavy (non-hydrogen) atoms. The minimum Gasteiger partial charge on any atom is -0.337 e. The van der Waals surface area contributed by atoms with Crippen LogP contribution < -0.4 is 0 Å². The molecular weight excluding hydrogens is 354 g/mol. The molecule has 2 aromatic carbocycles. The molecule has 1 aromatic heterocycles. The van der Waals surface area contributed by atoms with Crippen molar-refractivity contribution in [2.24, 2.45) is 0 Å². The van der Waals surface area contributed by atoms with Crippen LogP contribution in [0.3, 0.4) is 0 Å². The van der Waals surface area contributed by atoms with Crippen molar-refractivity contribution in [1.82, 2.24) is 14.5 Å². The predicted octanol–water partition coefficient (Wildman–Crippen LogP) is 4.91. The molecule has 1 amide bonds. The Morgan fingerprint density at radius 3 is 2.44 bits per heavy atom. The standard InChI is InChI=1S/C22H25N3OS/c1-16-9-8-10-17(2)24(16)21(26)15-27-22-23-19-13-6-7-14-20(19)25(22)18-11-4-3-5-12-18/h3-7,11-14,16-17H,8-10,15H2,1-2H3/t16-,17-/m1/s1. The fraction of sp³-hybridized carbons (Fsp3) is 0.364. The van der Waals surface area contributed by atoms with Crippen LogP contribution in [0.25, 0.3) is 16.7 Å². The molecule has 0 aliphatic carbocycles. The third kappa shape index (κ3) is 3.61. The van der Waals surface area contributed by atoms with E-state index in [2.05, 4.69) is 41.5 Å². The Labute approximate surface area is 164 Å². The van der Waals surface area contributed by atoms with Gasteiger partial charge in [-0.2, -0.15) is 0 Å². The monoisotopic (exact) mass is 379 g/mol. The minimum atomic E-state index is 0.214. The van der Waals surface area contributed by atoms with Crippen LogP contribution in [0, 0.1) is 0 Å². The normalized spacial score (nSPS) is 20.1. The Morgan fingerprint density at radius 1 is 1.04 bits per heavy atom. The van der Waals surface area contributed by atoms with E-state index in [1.165, 1.54) is 18.2 Å². The summed E-state index contributed by atoms with van der Waals surface area (Å²) in [6.45, 7) is 4.33. The van der Waals surface area contributed by atoms with Crippen LogP contribution in [0.2, 0.25) is 0 Å². The summed E-state index contributed by atoms with van der Waals surface area (Å²) < 4.78 is 2.15. The maximum atomic E-state index is 12.9. The molecule has 1 aliphatic rings. The second-order valence-electron chi connectivity index (χ2n) is 7.27. The topological polar surface area (TPSA) is 38.1 Å². The molecule has 0 bridgehead atoms. The van der Waals surface area contributed by atoms with E-state index in [0.717, 1.165) is 34.7 Å². The van der Waals surface area contributed by atoms with Crippen molar-refractivity contribution in [1.29, 1.82) is 0 Å². The van der Waals surface area contributed by atoms with Crippen LogP contribution in [0.5, 0.6) is 0 Å². The highest BCUT2D eigenvalue weighted by atomic mass is 32.2. The van der Waals surface area contributed by atoms with E-state index in [1.54, 1.807) is 0 Å². The number of imidazole rings is 1. The van der Waals surface area contributed by atoms with E-state index in [4.69, 9.17) is 4.98 Å². The zero-order valence-electron chi connectivity index (χ0n) is 15.8. The maximum absolute atomic E-state index is 12.9. The largest absolute Gasteiger partial charge is 0.337 e. The van der Waals surface area contributed by atoms with Crippen molar-refractivity contribution in [2.45, 2.75) is 50.4 Å². The van der Waals surface area contributed by atoms with E-state index in [-0.39, 0.29) is 5.91 Å². The molecule has 0 unspecified atom stereocenters. The van der Waals surface area contributed by atoms with Gasteiger partial charge in [-0.1, -0.05) is 42.1 Å². The third-order valence-corrected chi connectivity index (χ3v) is 6.27. The molecule has 1 saturated heterocycles. The SMILES string of the molecule is C[C@@H]1CCC[C@@H](C)N1C(=O)CSc1nc2ccccc2n1-c1ccccc1. The molecule has 0 spiro atoms. The highest BCUT2D eigenvalue weighted by Gasteiger charge is 2.29. The fourth-order valence-electron chi connectivity index (χ4n) is 4.04. The second kappa shape index (κ2) is 7.77. The van der Waals surface area contributed by atoms with Gasteiger partial charge in [0.05, 0.1) is 16.8 Å². The van der Waals surface area contributed by atoms with Gasteiger partial charge in [-0.15, -0.1) is 0 Å². The summed E-state index contributed by atoms with van der Waals surface area (Å²) in [6, 6.07) is 19.0. The van der Waals surface area contributed by atoms with Gasteiger partial charge >= 0.3 is 0 Å². The molecule has 4 rings (SSSR count). The Balaban J connectivity index is 1.61. The Bertz CT molecular complexity index is 927. The number of hydrogen-bond acceptors (Lipinski definition) is 3. The number of likely N-dealkylation sites (tertiary alicyclic amines) is 1. The van der Waals surface area contributed by atoms with E-state index >= 15 is 0 Å². The number of hydrogen-bond donors (Lipinski definition) is 0. The molecule has 3 aromatic rings. The van der Waals surface area contributed by atoms with Crippen molar-refractivity contribution in [3.63, 3.8) is 0 Å². The van der Waals surface area contributed by atoms with E-state index in [1.807, 2.05) is 36.4 Å². The van der Waals surface area contributed by atoms with Crippen molar-refractivity contribution >= 4 is 28.7 Å². The van der Waals surface area contributed by atoms with Crippen molar-refractivity contribution in [3.8, 4) is 5.69 Å². The van der Waals surface area contributed by atoms with Crippen LogP contribution in [-0.4, -0.2) is 38.2 Å². The fourth-order valence-corrected chi connectivity index (χ4v) is 4.94. The Morgan fingerprint density at radius 2 is 1.70 bits per heavy atom. The number of para-hydroxylation sites is 3. The van der Waals surface area contributed by atoms with Crippen LogP contribution in [0.4, 0.5) is 0 Å². The number of aromatic nitrogens is 2. The van der Waals surface area contributed by atoms with Gasteiger partial charge in [-0.25, -0.2) is 4.98 Å². The zero-order valence-corrected chi connectivity index (χ0v) is 16.7. The molecule has 5 heteroatoms. The highest BCUT2D eigenvalue weighted by molar-refractivity contribution is 7.99. The van der Waals surface area contributed by atoms with Crippen LogP contribution in [-0.2, 0) is 4.79 Å². The molecule has 0 saturated carbocycles. The first-order valence-corrected chi connectivity index (χ1v) is 10.6. The van der Waals surface area contributed by atoms with Crippen LogP contribution in [0.15, 0.2) is 59.8 Å². The summed E-state index contributed by atoms with van der Waals surface area (Å²) in [5.41, 5.74) is 3.09. The zero-order chi connectivity index (χ0) is 18.8. The summed E-state index contributed by atoms with van der Waals surface area (Å²) in [4.78, 5) is 19.8. The first-order valence-electron chi connectivity index (χ1n) is 9.62. The molecule has 140 valence electrons. The predicted molar refractivity (Wildman–Crippen MR) is 111 cm³/mol. The molecule has 4 nitrogen and oxygen atoms in total. The maximum Gasteiger partial charge on any atom is 0.233 e. The minimum absolute atomic E-state index is 0.214. The molecule has 1 fully saturated rings. The van der Waals surface area contributed by atoms with E-state index in [9.17, 15) is 4.79 Å². The average molecular weight is 380 g/mol. The number of nitrogens with zero attached hydrogens (tertiary/aromatic N) is 3. The van der Waals surface area contributed by atoms with Gasteiger partial charge < -0.3 is 4.90 Å². The number of amides is 1. The lowest BCUT2D eigenvalue weighted by Gasteiger charge is -2.39. The summed E-state index contributed by atoms with van der Waals surface area (Å²) in [7, 11) is 0. The number of fused-ring (bicyclic) bond motifs is 1. The lowest BCUT2D eigenvalue weighted by molar-refractivity contribution is -0.134. The highest BCUT2D eigenvalue weighted by Crippen LogP contribution is 2.29. The smallest absolute Gasteiger partial charge is 0.233 e. The van der Waals surface area contributed by atoms with Crippen molar-refractivity contribution in [2.75, 3.05) is 5.75 Å². The lowest BCUT2D eigenvalue weighted by atomic mass is 9.98. The Hall–Kier alpha value is -2.27. The van der Waals surface area contributed by atoms with E-state index < -0.39 is 0 Å². The number of thioether (sulfide) groups is 1. The summed E-state index contributed by atoms with van der Waals surface area (Å²) in [6.07, 6.45) is 3.41. The molecule has 2 atom stereocenters. The van der Waals surface area contributed by atoms with Crippen LogP contribution >= 0.6 is 11.8 Å². The summed E-state index contributed by atoms with van der Waals surface area (Å²) >= 11 is 1.53. The molecular formula is C22H25N3OS. The first kappa shape index (κ1) is 18.1. The average Bonchev–Trinajstić information content (AvgIpc) is 3.05. The summed E-state index contributed by atoms with van der Waals surface area (Å²) in [5.74, 6) is 0.636. The lowest BCUT2D eigenvalue weighted by Crippen LogP contribution is -2.48. The molecule has 0 N–H and O–H groups in total. The Kier molecular flexibility index (Phi) is 5.21. The van der Waals surface area contributed by atoms with Gasteiger partial charge in [-0.3, -0.25) is 9.36 Å². The number of carbonyl (C=O) groups is 1. The molecule has 0 radical (unpaired) electrons. The van der Waals surface area contributed by atoms with Gasteiger partial charge in [0.15, 0.2) is 5.16 Å². The number of rotatable bonds is 4.